The van der Waals surface area contributed by atoms with Crippen LogP contribution in [0.5, 0.6) is 0 Å². The number of hydrogen-bond donors (Lipinski definition) is 1. The Kier molecular flexibility index (Phi) is 3.29. The van der Waals surface area contributed by atoms with Crippen molar-refractivity contribution in [2.45, 2.75) is 23.8 Å². The number of nitrogens with zero attached hydrogens (tertiary/aromatic N) is 1. The van der Waals surface area contributed by atoms with Crippen LogP contribution in [0.3, 0.4) is 0 Å². The van der Waals surface area contributed by atoms with Gasteiger partial charge < -0.3 is 5.73 Å². The number of thioether (sulfide) groups is 1. The minimum Gasteiger partial charge on any atom is -0.302 e. The number of alkyl halides is 3. The van der Waals surface area contributed by atoms with Crippen molar-refractivity contribution in [3.63, 3.8) is 0 Å². The van der Waals surface area contributed by atoms with Gasteiger partial charge in [0.25, 0.3) is 0 Å². The van der Waals surface area contributed by atoms with Crippen molar-refractivity contribution in [1.29, 1.82) is 0 Å². The quantitative estimate of drug-likeness (QED) is 0.857. The molecule has 0 saturated carbocycles. The number of anilines is 1. The molecule has 0 bridgehead atoms. The molecule has 0 aromatic heterocycles. The van der Waals surface area contributed by atoms with Crippen LogP contribution >= 0.6 is 11.8 Å². The molecule has 7 heteroatoms. The number of nitrogens with two attached hydrogens (primary N) is 1. The first-order valence-corrected chi connectivity index (χ1v) is 6.16. The Bertz CT molecular complexity index is 478. The lowest BCUT2D eigenvalue weighted by molar-refractivity contribution is -0.137. The van der Waals surface area contributed by atoms with Gasteiger partial charge >= 0.3 is 6.18 Å². The Morgan fingerprint density at radius 3 is 2.56 bits per heavy atom. The smallest absolute Gasteiger partial charge is 0.302 e. The summed E-state index contributed by atoms with van der Waals surface area (Å²) in [4.78, 5) is 13.0. The summed E-state index contributed by atoms with van der Waals surface area (Å²) in [5, 5.41) is -0.338. The van der Waals surface area contributed by atoms with Crippen LogP contribution in [0.15, 0.2) is 24.3 Å². The molecular formula is C11H11F3N2OS. The Balaban J connectivity index is 2.37. The maximum atomic E-state index is 12.6. The third-order valence-corrected chi connectivity index (χ3v) is 3.73. The van der Waals surface area contributed by atoms with Crippen LogP contribution in [0.1, 0.15) is 12.5 Å². The highest BCUT2D eigenvalue weighted by molar-refractivity contribution is 8.01. The average Bonchev–Trinajstić information content (AvgIpc) is 2.52. The van der Waals surface area contributed by atoms with Crippen molar-refractivity contribution in [1.82, 2.24) is 0 Å². The van der Waals surface area contributed by atoms with Crippen molar-refractivity contribution in [3.05, 3.63) is 29.8 Å². The Morgan fingerprint density at radius 1 is 1.39 bits per heavy atom. The van der Waals surface area contributed by atoms with Crippen molar-refractivity contribution in [2.75, 3.05) is 4.90 Å². The number of carbonyl (C=O) groups is 1. The van der Waals surface area contributed by atoms with Gasteiger partial charge in [0.15, 0.2) is 0 Å². The molecule has 2 atom stereocenters. The van der Waals surface area contributed by atoms with Gasteiger partial charge in [-0.3, -0.25) is 9.69 Å². The number of hydrogen-bond acceptors (Lipinski definition) is 3. The first kappa shape index (κ1) is 13.2. The van der Waals surface area contributed by atoms with Gasteiger partial charge in [0, 0.05) is 5.69 Å². The van der Waals surface area contributed by atoms with E-state index in [4.69, 9.17) is 5.73 Å². The number of halogens is 3. The van der Waals surface area contributed by atoms with Crippen molar-refractivity contribution >= 4 is 23.4 Å². The fourth-order valence-corrected chi connectivity index (χ4v) is 2.75. The molecule has 1 aliphatic heterocycles. The van der Waals surface area contributed by atoms with Crippen molar-refractivity contribution in [2.24, 2.45) is 5.73 Å². The summed E-state index contributed by atoms with van der Waals surface area (Å²) < 4.78 is 37.8. The summed E-state index contributed by atoms with van der Waals surface area (Å²) >= 11 is 1.22. The molecule has 2 unspecified atom stereocenters. The molecule has 1 aromatic carbocycles. The van der Waals surface area contributed by atoms with Crippen LogP contribution in [-0.2, 0) is 11.0 Å². The minimum atomic E-state index is -4.43. The van der Waals surface area contributed by atoms with Crippen LogP contribution in [0, 0.1) is 0 Å². The van der Waals surface area contributed by atoms with Crippen LogP contribution in [-0.4, -0.2) is 16.7 Å². The van der Waals surface area contributed by atoms with Crippen molar-refractivity contribution < 1.29 is 18.0 Å². The summed E-state index contributed by atoms with van der Waals surface area (Å²) in [5.74, 6) is -0.271. The van der Waals surface area contributed by atoms with Crippen molar-refractivity contribution in [3.8, 4) is 0 Å². The molecule has 1 amide bonds. The van der Waals surface area contributed by atoms with Crippen LogP contribution < -0.4 is 10.6 Å². The number of benzene rings is 1. The molecule has 98 valence electrons. The van der Waals surface area contributed by atoms with E-state index in [2.05, 4.69) is 0 Å². The summed E-state index contributed by atoms with van der Waals surface area (Å²) in [5.41, 5.74) is 4.49. The van der Waals surface area contributed by atoms with E-state index in [1.54, 1.807) is 6.92 Å². The normalized spacial score (nSPS) is 24.7. The first-order chi connectivity index (χ1) is 8.30. The molecule has 0 radical (unpaired) electrons. The predicted octanol–water partition coefficient (Wildman–Crippen LogP) is 2.42. The fourth-order valence-electron chi connectivity index (χ4n) is 1.76. The van der Waals surface area contributed by atoms with Gasteiger partial charge in [-0.1, -0.05) is 6.07 Å². The van der Waals surface area contributed by atoms with E-state index in [1.165, 1.54) is 28.8 Å². The van der Waals surface area contributed by atoms with E-state index in [1.807, 2.05) is 0 Å². The van der Waals surface area contributed by atoms with Gasteiger partial charge in [0.1, 0.15) is 5.50 Å². The second-order valence-electron chi connectivity index (χ2n) is 3.93. The summed E-state index contributed by atoms with van der Waals surface area (Å²) in [7, 11) is 0. The van der Waals surface area contributed by atoms with Crippen LogP contribution in [0.25, 0.3) is 0 Å². The number of rotatable bonds is 1. The summed E-state index contributed by atoms with van der Waals surface area (Å²) in [6.07, 6.45) is -4.43. The lowest BCUT2D eigenvalue weighted by atomic mass is 10.2. The maximum absolute atomic E-state index is 12.6. The number of amides is 1. The molecule has 1 heterocycles. The topological polar surface area (TPSA) is 46.3 Å². The third kappa shape index (κ3) is 2.32. The molecule has 3 nitrogen and oxygen atoms in total. The van der Waals surface area contributed by atoms with Gasteiger partial charge in [-0.05, 0) is 25.1 Å². The maximum Gasteiger partial charge on any atom is 0.416 e. The molecule has 0 aliphatic carbocycles. The molecule has 1 aromatic rings. The van der Waals surface area contributed by atoms with Gasteiger partial charge in [0.05, 0.1) is 10.8 Å². The molecular weight excluding hydrogens is 265 g/mol. The highest BCUT2D eigenvalue weighted by Gasteiger charge is 2.38. The van der Waals surface area contributed by atoms with Gasteiger partial charge in [-0.15, -0.1) is 11.8 Å². The summed E-state index contributed by atoms with van der Waals surface area (Å²) in [6, 6.07) is 4.62. The Hall–Kier alpha value is -1.21. The Labute approximate surface area is 106 Å². The summed E-state index contributed by atoms with van der Waals surface area (Å²) in [6.45, 7) is 1.68. The van der Waals surface area contributed by atoms with Gasteiger partial charge in [-0.2, -0.15) is 13.2 Å². The van der Waals surface area contributed by atoms with E-state index in [0.717, 1.165) is 12.1 Å². The van der Waals surface area contributed by atoms with E-state index < -0.39 is 17.2 Å². The first-order valence-electron chi connectivity index (χ1n) is 5.22. The zero-order valence-electron chi connectivity index (χ0n) is 9.44. The standard InChI is InChI=1S/C11H11F3N2OS/c1-6-9(17)16(10(15)18-6)8-4-2-3-7(5-8)11(12,13)14/h2-6,10H,15H2,1H3. The highest BCUT2D eigenvalue weighted by atomic mass is 32.2. The van der Waals surface area contributed by atoms with E-state index in [-0.39, 0.29) is 16.8 Å². The second kappa shape index (κ2) is 4.47. The van der Waals surface area contributed by atoms with E-state index in [9.17, 15) is 18.0 Å². The highest BCUT2D eigenvalue weighted by Crippen LogP contribution is 2.36. The zero-order valence-corrected chi connectivity index (χ0v) is 10.3. The average molecular weight is 276 g/mol. The zero-order chi connectivity index (χ0) is 13.5. The van der Waals surface area contributed by atoms with E-state index in [0.29, 0.717) is 0 Å². The Morgan fingerprint density at radius 2 is 2.06 bits per heavy atom. The fraction of sp³-hybridized carbons (Fsp3) is 0.364. The monoisotopic (exact) mass is 276 g/mol. The predicted molar refractivity (Wildman–Crippen MR) is 64.0 cm³/mol. The minimum absolute atomic E-state index is 0.180. The molecule has 1 fully saturated rings. The largest absolute Gasteiger partial charge is 0.416 e. The molecule has 0 spiro atoms. The lowest BCUT2D eigenvalue weighted by Gasteiger charge is -2.21. The molecule has 2 rings (SSSR count). The number of carbonyl (C=O) groups excluding carboxylic acids is 1. The van der Waals surface area contributed by atoms with Crippen LogP contribution in [0.4, 0.5) is 18.9 Å². The lowest BCUT2D eigenvalue weighted by Crippen LogP contribution is -2.39. The molecule has 1 aliphatic rings. The third-order valence-electron chi connectivity index (χ3n) is 2.63. The molecule has 1 saturated heterocycles. The molecule has 2 N–H and O–H groups in total. The second-order valence-corrected chi connectivity index (χ2v) is 5.39. The van der Waals surface area contributed by atoms with E-state index >= 15 is 0 Å². The van der Waals surface area contributed by atoms with Gasteiger partial charge in [-0.25, -0.2) is 0 Å². The SMILES string of the molecule is CC1SC(N)N(c2cccc(C(F)(F)F)c2)C1=O. The van der Waals surface area contributed by atoms with Gasteiger partial charge in [0.2, 0.25) is 5.91 Å². The van der Waals surface area contributed by atoms with Crippen LogP contribution in [0.2, 0.25) is 0 Å². The molecule has 18 heavy (non-hydrogen) atoms.